The van der Waals surface area contributed by atoms with Crippen molar-refractivity contribution >= 4 is 16.2 Å². The Morgan fingerprint density at radius 3 is 2.52 bits per heavy atom. The zero-order chi connectivity index (χ0) is 15.7. The molecular weight excluding hydrogens is 294 g/mol. The maximum absolute atomic E-state index is 11.6. The van der Waals surface area contributed by atoms with E-state index < -0.39 is 22.4 Å². The van der Waals surface area contributed by atoms with Crippen LogP contribution in [-0.4, -0.2) is 33.6 Å². The molecule has 6 nitrogen and oxygen atoms in total. The molecule has 0 aliphatic carbocycles. The molecule has 21 heavy (non-hydrogen) atoms. The van der Waals surface area contributed by atoms with Gasteiger partial charge in [-0.15, -0.1) is 0 Å². The quantitative estimate of drug-likeness (QED) is 0.451. The van der Waals surface area contributed by atoms with Crippen LogP contribution < -0.4 is 5.32 Å². The predicted molar refractivity (Wildman–Crippen MR) is 79.3 cm³/mol. The van der Waals surface area contributed by atoms with Crippen LogP contribution >= 0.6 is 0 Å². The summed E-state index contributed by atoms with van der Waals surface area (Å²) in [5.74, 6) is 0. The van der Waals surface area contributed by atoms with Crippen molar-refractivity contribution in [3.05, 3.63) is 35.9 Å². The van der Waals surface area contributed by atoms with Gasteiger partial charge in [0.1, 0.15) is 0 Å². The van der Waals surface area contributed by atoms with Gasteiger partial charge in [-0.2, -0.15) is 8.42 Å². The van der Waals surface area contributed by atoms with Gasteiger partial charge in [0.25, 0.3) is 10.1 Å². The number of hydrogen-bond acceptors (Lipinski definition) is 5. The smallest absolute Gasteiger partial charge is 0.409 e. The Morgan fingerprint density at radius 2 is 1.95 bits per heavy atom. The molecule has 1 aromatic rings. The predicted octanol–water partition coefficient (Wildman–Crippen LogP) is 2.06. The molecule has 0 radical (unpaired) electrons. The van der Waals surface area contributed by atoms with E-state index >= 15 is 0 Å². The number of benzene rings is 1. The fourth-order valence-electron chi connectivity index (χ4n) is 1.63. The molecule has 1 rings (SSSR count). The van der Waals surface area contributed by atoms with Crippen LogP contribution in [0, 0.1) is 0 Å². The van der Waals surface area contributed by atoms with E-state index in [-0.39, 0.29) is 6.42 Å². The van der Waals surface area contributed by atoms with Crippen LogP contribution in [0.15, 0.2) is 30.3 Å². The van der Waals surface area contributed by atoms with Crippen molar-refractivity contribution in [3.8, 4) is 0 Å². The summed E-state index contributed by atoms with van der Waals surface area (Å²) >= 11 is 0. The number of carbonyl (C=O) groups is 1. The number of rotatable bonds is 8. The lowest BCUT2D eigenvalue weighted by atomic mass is 10.1. The van der Waals surface area contributed by atoms with Crippen LogP contribution in [0.2, 0.25) is 0 Å². The molecule has 0 bridgehead atoms. The van der Waals surface area contributed by atoms with Gasteiger partial charge in [-0.1, -0.05) is 43.7 Å². The minimum absolute atomic E-state index is 0.233. The topological polar surface area (TPSA) is 81.7 Å². The summed E-state index contributed by atoms with van der Waals surface area (Å²) in [4.78, 5) is 11.6. The first-order chi connectivity index (χ1) is 9.90. The van der Waals surface area contributed by atoms with Gasteiger partial charge < -0.3 is 4.74 Å². The largest absolute Gasteiger partial charge is 0.450 e. The van der Waals surface area contributed by atoms with E-state index in [0.29, 0.717) is 6.61 Å². The minimum Gasteiger partial charge on any atom is -0.450 e. The van der Waals surface area contributed by atoms with Gasteiger partial charge in [0.05, 0.1) is 12.9 Å². The second-order valence-electron chi connectivity index (χ2n) is 4.61. The molecule has 1 atom stereocenters. The third-order valence-corrected chi connectivity index (χ3v) is 3.15. The molecule has 0 aromatic heterocycles. The Balaban J connectivity index is 2.62. The molecule has 0 heterocycles. The normalized spacial score (nSPS) is 12.7. The van der Waals surface area contributed by atoms with Crippen molar-refractivity contribution in [3.63, 3.8) is 0 Å². The van der Waals surface area contributed by atoms with E-state index in [4.69, 9.17) is 8.92 Å². The van der Waals surface area contributed by atoms with Crippen LogP contribution in [0.1, 0.15) is 25.3 Å². The second-order valence-corrected chi connectivity index (χ2v) is 6.21. The van der Waals surface area contributed by atoms with Crippen molar-refractivity contribution in [2.75, 3.05) is 12.9 Å². The number of unbranched alkanes of at least 4 members (excludes halogenated alkanes) is 1. The van der Waals surface area contributed by atoms with Gasteiger partial charge in [-0.3, -0.25) is 5.32 Å². The molecule has 0 aliphatic rings. The zero-order valence-electron chi connectivity index (χ0n) is 12.2. The second kappa shape index (κ2) is 8.63. The molecular formula is C14H21NO5S. The van der Waals surface area contributed by atoms with Crippen molar-refractivity contribution in [1.82, 2.24) is 5.32 Å². The van der Waals surface area contributed by atoms with Crippen LogP contribution in [0.25, 0.3) is 0 Å². The molecule has 1 N–H and O–H groups in total. The highest BCUT2D eigenvalue weighted by atomic mass is 32.2. The minimum atomic E-state index is -3.68. The molecule has 7 heteroatoms. The summed E-state index contributed by atoms with van der Waals surface area (Å²) in [5, 5.41) is 2.42. The van der Waals surface area contributed by atoms with Crippen molar-refractivity contribution in [2.45, 2.75) is 32.4 Å². The summed E-state index contributed by atoms with van der Waals surface area (Å²) in [6.45, 7) is 2.27. The lowest BCUT2D eigenvalue weighted by Gasteiger charge is -2.17. The van der Waals surface area contributed by atoms with Crippen LogP contribution in [0.3, 0.4) is 0 Å². The highest BCUT2D eigenvalue weighted by molar-refractivity contribution is 7.86. The molecule has 1 amide bonds. The van der Waals surface area contributed by atoms with Crippen LogP contribution in [-0.2, 0) is 25.5 Å². The summed E-state index contributed by atoms with van der Waals surface area (Å²) < 4.78 is 32.3. The molecule has 0 fully saturated rings. The standard InChI is InChI=1S/C14H21NO5S/c1-3-4-10-19-14(16)15-13(20-21(2,17)18)11-12-8-6-5-7-9-12/h5-9,13H,3-4,10-11H2,1-2H3,(H,15,16). The van der Waals surface area contributed by atoms with E-state index in [1.54, 1.807) is 0 Å². The summed E-state index contributed by atoms with van der Waals surface area (Å²) in [7, 11) is -3.68. The zero-order valence-corrected chi connectivity index (χ0v) is 13.1. The first kappa shape index (κ1) is 17.5. The third kappa shape index (κ3) is 8.31. The molecule has 0 spiro atoms. The van der Waals surface area contributed by atoms with E-state index in [2.05, 4.69) is 5.32 Å². The van der Waals surface area contributed by atoms with Crippen LogP contribution in [0.4, 0.5) is 4.79 Å². The number of ether oxygens (including phenoxy) is 1. The van der Waals surface area contributed by atoms with E-state index in [9.17, 15) is 13.2 Å². The first-order valence-electron chi connectivity index (χ1n) is 6.76. The number of carbonyl (C=O) groups excluding carboxylic acids is 1. The van der Waals surface area contributed by atoms with Gasteiger partial charge in [-0.25, -0.2) is 8.98 Å². The lowest BCUT2D eigenvalue weighted by molar-refractivity contribution is 0.112. The van der Waals surface area contributed by atoms with Gasteiger partial charge in [0.15, 0.2) is 6.23 Å². The Hall–Kier alpha value is -1.60. The summed E-state index contributed by atoms with van der Waals surface area (Å²) in [6, 6.07) is 9.15. The summed E-state index contributed by atoms with van der Waals surface area (Å²) in [6.07, 6.45) is 1.15. The first-order valence-corrected chi connectivity index (χ1v) is 8.58. The molecule has 0 saturated carbocycles. The van der Waals surface area contributed by atoms with E-state index in [1.807, 2.05) is 37.3 Å². The molecule has 1 aromatic carbocycles. The SMILES string of the molecule is CCCCOC(=O)NC(Cc1ccccc1)OS(C)(=O)=O. The van der Waals surface area contributed by atoms with Crippen LogP contribution in [0.5, 0.6) is 0 Å². The fraction of sp³-hybridized carbons (Fsp3) is 0.500. The monoisotopic (exact) mass is 315 g/mol. The van der Waals surface area contributed by atoms with E-state index in [1.165, 1.54) is 0 Å². The van der Waals surface area contributed by atoms with Crippen molar-refractivity contribution in [2.24, 2.45) is 0 Å². The lowest BCUT2D eigenvalue weighted by Crippen LogP contribution is -2.40. The average Bonchev–Trinajstić information content (AvgIpc) is 2.38. The fourth-order valence-corrected chi connectivity index (χ4v) is 2.17. The molecule has 0 saturated heterocycles. The molecule has 1 unspecified atom stereocenters. The number of amides is 1. The Bertz CT molecular complexity index is 530. The number of alkyl carbamates (subject to hydrolysis) is 1. The highest BCUT2D eigenvalue weighted by Crippen LogP contribution is 2.07. The Kier molecular flexibility index (Phi) is 7.18. The maximum Gasteiger partial charge on any atom is 0.409 e. The number of nitrogens with one attached hydrogen (secondary N) is 1. The van der Waals surface area contributed by atoms with Crippen molar-refractivity contribution < 1.29 is 22.1 Å². The Morgan fingerprint density at radius 1 is 1.29 bits per heavy atom. The van der Waals surface area contributed by atoms with Gasteiger partial charge >= 0.3 is 6.09 Å². The van der Waals surface area contributed by atoms with Crippen molar-refractivity contribution in [1.29, 1.82) is 0 Å². The molecule has 0 aliphatic heterocycles. The third-order valence-electron chi connectivity index (χ3n) is 2.56. The molecule has 118 valence electrons. The van der Waals surface area contributed by atoms with Gasteiger partial charge in [-0.05, 0) is 12.0 Å². The number of hydrogen-bond donors (Lipinski definition) is 1. The highest BCUT2D eigenvalue weighted by Gasteiger charge is 2.19. The maximum atomic E-state index is 11.6. The van der Waals surface area contributed by atoms with E-state index in [0.717, 1.165) is 24.7 Å². The van der Waals surface area contributed by atoms with Gasteiger partial charge in [0, 0.05) is 6.42 Å². The Labute approximate surface area is 125 Å². The summed E-state index contributed by atoms with van der Waals surface area (Å²) in [5.41, 5.74) is 0.847. The average molecular weight is 315 g/mol. The van der Waals surface area contributed by atoms with Gasteiger partial charge in [0.2, 0.25) is 0 Å².